The molecule has 6 heteroatoms. The second kappa shape index (κ2) is 3.28. The van der Waals surface area contributed by atoms with E-state index in [4.69, 9.17) is 11.6 Å². The molecule has 0 aliphatic carbocycles. The van der Waals surface area contributed by atoms with Crippen molar-refractivity contribution < 1.29 is 4.92 Å². The quantitative estimate of drug-likeness (QED) is 0.300. The normalized spacial score (nSPS) is 9.69. The topological polar surface area (TPSA) is 98.4 Å². The Bertz CT molecular complexity index is 337. The number of benzene rings is 1. The van der Waals surface area contributed by atoms with Gasteiger partial charge in [-0.25, -0.2) is 5.84 Å². The first-order valence-electron chi connectivity index (χ1n) is 3.55. The van der Waals surface area contributed by atoms with Gasteiger partial charge in [0.05, 0.1) is 10.6 Å². The van der Waals surface area contributed by atoms with Crippen molar-refractivity contribution >= 4 is 17.1 Å². The van der Waals surface area contributed by atoms with E-state index in [1.54, 1.807) is 6.07 Å². The zero-order chi connectivity index (χ0) is 10.0. The summed E-state index contributed by atoms with van der Waals surface area (Å²) >= 11 is 0. The summed E-state index contributed by atoms with van der Waals surface area (Å²) in [5, 5.41) is 11.7. The van der Waals surface area contributed by atoms with Gasteiger partial charge in [0.25, 0.3) is 5.69 Å². The number of nitrogens with two attached hydrogens (primary N) is 2. The first-order chi connectivity index (χ1) is 6.04. The van der Waals surface area contributed by atoms with Crippen LogP contribution in [0.3, 0.4) is 0 Å². The minimum absolute atomic E-state index is 0.0926. The molecule has 0 amide bonds. The molecule has 6 nitrogen and oxygen atoms in total. The fourth-order valence-corrected chi connectivity index (χ4v) is 1.08. The molecule has 13 heavy (non-hydrogen) atoms. The number of nitro benzene ring substituents is 1. The van der Waals surface area contributed by atoms with Gasteiger partial charge in [-0.1, -0.05) is 6.07 Å². The van der Waals surface area contributed by atoms with E-state index in [1.807, 2.05) is 0 Å². The Morgan fingerprint density at radius 1 is 1.54 bits per heavy atom. The Kier molecular flexibility index (Phi) is 2.34. The van der Waals surface area contributed by atoms with E-state index < -0.39 is 4.92 Å². The van der Waals surface area contributed by atoms with Crippen LogP contribution in [0.2, 0.25) is 0 Å². The van der Waals surface area contributed by atoms with Gasteiger partial charge in [0.2, 0.25) is 0 Å². The van der Waals surface area contributed by atoms with Gasteiger partial charge in [0.15, 0.2) is 5.69 Å². The van der Waals surface area contributed by atoms with Crippen LogP contribution in [0.1, 0.15) is 0 Å². The van der Waals surface area contributed by atoms with Crippen molar-refractivity contribution in [1.82, 2.24) is 0 Å². The highest BCUT2D eigenvalue weighted by molar-refractivity contribution is 5.76. The lowest BCUT2D eigenvalue weighted by Gasteiger charge is -2.13. The highest BCUT2D eigenvalue weighted by Gasteiger charge is 2.17. The summed E-state index contributed by atoms with van der Waals surface area (Å²) in [5.74, 6) is 5.40. The summed E-state index contributed by atoms with van der Waals surface area (Å²) in [6.07, 6.45) is 0. The van der Waals surface area contributed by atoms with Gasteiger partial charge in [-0.05, 0) is 6.07 Å². The number of nitro groups is 1. The first-order valence-corrected chi connectivity index (χ1v) is 3.55. The minimum atomic E-state index is -0.519. The molecule has 0 unspecified atom stereocenters. The lowest BCUT2D eigenvalue weighted by Crippen LogP contribution is -2.26. The molecule has 0 aromatic heterocycles. The van der Waals surface area contributed by atoms with Gasteiger partial charge in [0.1, 0.15) is 0 Å². The van der Waals surface area contributed by atoms with Crippen molar-refractivity contribution in [2.75, 3.05) is 17.8 Å². The maximum Gasteiger partial charge on any atom is 0.296 e. The average Bonchev–Trinajstić information content (AvgIpc) is 2.02. The lowest BCUT2D eigenvalue weighted by molar-refractivity contribution is -0.384. The summed E-state index contributed by atoms with van der Waals surface area (Å²) < 4.78 is 0. The predicted molar refractivity (Wildman–Crippen MR) is 50.1 cm³/mol. The maximum absolute atomic E-state index is 10.5. The summed E-state index contributed by atoms with van der Waals surface area (Å²) in [4.78, 5) is 10.0. The van der Waals surface area contributed by atoms with E-state index in [0.717, 1.165) is 5.01 Å². The second-order valence-electron chi connectivity index (χ2n) is 2.58. The molecule has 0 saturated carbocycles. The molecule has 0 aliphatic rings. The number of nitrogen functional groups attached to an aromatic ring is 1. The Morgan fingerprint density at radius 2 is 2.15 bits per heavy atom. The zero-order valence-electron chi connectivity index (χ0n) is 7.10. The summed E-state index contributed by atoms with van der Waals surface area (Å²) in [7, 11) is 1.50. The van der Waals surface area contributed by atoms with Crippen molar-refractivity contribution in [2.24, 2.45) is 5.84 Å². The van der Waals surface area contributed by atoms with Gasteiger partial charge in [-0.2, -0.15) is 0 Å². The molecule has 0 saturated heterocycles. The summed E-state index contributed by atoms with van der Waals surface area (Å²) in [5.41, 5.74) is 5.96. The number of para-hydroxylation sites is 1. The van der Waals surface area contributed by atoms with Gasteiger partial charge >= 0.3 is 0 Å². The molecule has 0 bridgehead atoms. The molecular weight excluding hydrogens is 172 g/mol. The van der Waals surface area contributed by atoms with E-state index in [0.29, 0.717) is 5.69 Å². The molecule has 0 spiro atoms. The number of nitrogens with zero attached hydrogens (tertiary/aromatic N) is 2. The van der Waals surface area contributed by atoms with Crippen LogP contribution in [0.4, 0.5) is 17.1 Å². The van der Waals surface area contributed by atoms with Crippen LogP contribution >= 0.6 is 0 Å². The monoisotopic (exact) mass is 182 g/mol. The highest BCUT2D eigenvalue weighted by Crippen LogP contribution is 2.31. The standard InChI is InChI=1S/C7H10N4O2/c1-10(9)7-5(8)3-2-4-6(7)11(12)13/h2-4H,8-9H2,1H3. The van der Waals surface area contributed by atoms with Crippen LogP contribution in [0.15, 0.2) is 18.2 Å². The van der Waals surface area contributed by atoms with Crippen LogP contribution in [-0.2, 0) is 0 Å². The van der Waals surface area contributed by atoms with Crippen LogP contribution in [0.25, 0.3) is 0 Å². The van der Waals surface area contributed by atoms with Crippen molar-refractivity contribution in [2.45, 2.75) is 0 Å². The Labute approximate surface area is 74.9 Å². The van der Waals surface area contributed by atoms with E-state index in [1.165, 1.54) is 19.2 Å². The lowest BCUT2D eigenvalue weighted by atomic mass is 10.2. The fraction of sp³-hybridized carbons (Fsp3) is 0.143. The largest absolute Gasteiger partial charge is 0.397 e. The SMILES string of the molecule is CN(N)c1c(N)cccc1[N+](=O)[O-]. The van der Waals surface area contributed by atoms with Crippen molar-refractivity contribution in [3.63, 3.8) is 0 Å². The molecule has 0 fully saturated rings. The van der Waals surface area contributed by atoms with Crippen molar-refractivity contribution in [1.29, 1.82) is 0 Å². The molecule has 0 radical (unpaired) electrons. The number of rotatable bonds is 2. The highest BCUT2D eigenvalue weighted by atomic mass is 16.6. The van der Waals surface area contributed by atoms with Gasteiger partial charge in [0, 0.05) is 13.1 Å². The number of hydrazine groups is 1. The third-order valence-electron chi connectivity index (χ3n) is 1.60. The molecule has 0 atom stereocenters. The van der Waals surface area contributed by atoms with Gasteiger partial charge in [-0.3, -0.25) is 10.1 Å². The molecule has 1 rings (SSSR count). The summed E-state index contributed by atoms with van der Waals surface area (Å²) in [6, 6.07) is 4.43. The van der Waals surface area contributed by atoms with E-state index in [-0.39, 0.29) is 11.4 Å². The molecule has 4 N–H and O–H groups in total. The summed E-state index contributed by atoms with van der Waals surface area (Å²) in [6.45, 7) is 0. The van der Waals surface area contributed by atoms with E-state index in [9.17, 15) is 10.1 Å². The third kappa shape index (κ3) is 1.67. The van der Waals surface area contributed by atoms with E-state index >= 15 is 0 Å². The number of anilines is 2. The van der Waals surface area contributed by atoms with Gasteiger partial charge < -0.3 is 10.7 Å². The van der Waals surface area contributed by atoms with Gasteiger partial charge in [-0.15, -0.1) is 0 Å². The molecule has 70 valence electrons. The third-order valence-corrected chi connectivity index (χ3v) is 1.60. The Hall–Kier alpha value is -1.82. The second-order valence-corrected chi connectivity index (χ2v) is 2.58. The number of hydrogen-bond acceptors (Lipinski definition) is 5. The van der Waals surface area contributed by atoms with Crippen LogP contribution in [0, 0.1) is 10.1 Å². The molecule has 0 heterocycles. The predicted octanol–water partition coefficient (Wildman–Crippen LogP) is 0.487. The molecule has 0 aliphatic heterocycles. The Balaban J connectivity index is 3.34. The van der Waals surface area contributed by atoms with E-state index in [2.05, 4.69) is 0 Å². The Morgan fingerprint density at radius 3 is 2.54 bits per heavy atom. The number of hydrogen-bond donors (Lipinski definition) is 2. The average molecular weight is 182 g/mol. The van der Waals surface area contributed by atoms with Crippen LogP contribution in [0.5, 0.6) is 0 Å². The minimum Gasteiger partial charge on any atom is -0.397 e. The van der Waals surface area contributed by atoms with Crippen LogP contribution in [-0.4, -0.2) is 12.0 Å². The van der Waals surface area contributed by atoms with Crippen LogP contribution < -0.4 is 16.6 Å². The van der Waals surface area contributed by atoms with Crippen molar-refractivity contribution in [3.8, 4) is 0 Å². The first kappa shape index (κ1) is 9.27. The molecular formula is C7H10N4O2. The molecule has 1 aromatic rings. The molecule has 1 aromatic carbocycles. The van der Waals surface area contributed by atoms with Crippen molar-refractivity contribution in [3.05, 3.63) is 28.3 Å². The zero-order valence-corrected chi connectivity index (χ0v) is 7.10. The fourth-order valence-electron chi connectivity index (χ4n) is 1.08. The maximum atomic E-state index is 10.5. The smallest absolute Gasteiger partial charge is 0.296 e.